The number of ether oxygens (including phenoxy) is 2. The predicted octanol–water partition coefficient (Wildman–Crippen LogP) is 1.07. The number of hydrogen-bond donors (Lipinski definition) is 2. The van der Waals surface area contributed by atoms with Crippen LogP contribution in [0.2, 0.25) is 0 Å². The summed E-state index contributed by atoms with van der Waals surface area (Å²) >= 11 is 3.39. The second kappa shape index (κ2) is 6.09. The molecule has 92 valence electrons. The van der Waals surface area contributed by atoms with Gasteiger partial charge in [-0.2, -0.15) is 5.10 Å². The first-order valence-electron chi connectivity index (χ1n) is 4.62. The fourth-order valence-corrected chi connectivity index (χ4v) is 1.75. The molecule has 0 aliphatic carbocycles. The topological polar surface area (TPSA) is 95.2 Å². The maximum Gasteiger partial charge on any atom is 0.211 e. The monoisotopic (exact) mass is 300 g/mol. The molecule has 0 aromatic heterocycles. The molecule has 1 aromatic carbocycles. The number of guanidine groups is 1. The molecule has 0 spiro atoms. The molecule has 4 N–H and O–H groups in total. The number of rotatable bonds is 4. The van der Waals surface area contributed by atoms with Gasteiger partial charge in [0.1, 0.15) is 0 Å². The smallest absolute Gasteiger partial charge is 0.211 e. The fourth-order valence-electron chi connectivity index (χ4n) is 1.16. The van der Waals surface area contributed by atoms with E-state index in [1.807, 2.05) is 0 Å². The van der Waals surface area contributed by atoms with E-state index in [1.54, 1.807) is 26.4 Å². The van der Waals surface area contributed by atoms with Gasteiger partial charge in [0, 0.05) is 5.56 Å². The minimum absolute atomic E-state index is 0.0992. The van der Waals surface area contributed by atoms with E-state index in [-0.39, 0.29) is 5.96 Å². The number of benzene rings is 1. The zero-order valence-electron chi connectivity index (χ0n) is 9.48. The summed E-state index contributed by atoms with van der Waals surface area (Å²) in [6, 6.07) is 3.57. The molecule has 17 heavy (non-hydrogen) atoms. The maximum absolute atomic E-state index is 5.22. The highest BCUT2D eigenvalue weighted by Crippen LogP contribution is 2.36. The number of hydrogen-bond acceptors (Lipinski definition) is 4. The number of nitrogens with two attached hydrogens (primary N) is 2. The quantitative estimate of drug-likeness (QED) is 0.494. The van der Waals surface area contributed by atoms with Crippen LogP contribution in [0.3, 0.4) is 0 Å². The summed E-state index contributed by atoms with van der Waals surface area (Å²) in [5.41, 5.74) is 11.1. The van der Waals surface area contributed by atoms with E-state index >= 15 is 0 Å². The van der Waals surface area contributed by atoms with Gasteiger partial charge in [-0.15, -0.1) is 5.10 Å². The lowest BCUT2D eigenvalue weighted by molar-refractivity contribution is 0.353. The second-order valence-electron chi connectivity index (χ2n) is 2.97. The van der Waals surface area contributed by atoms with Gasteiger partial charge in [-0.05, 0) is 28.1 Å². The molecule has 0 bridgehead atoms. The van der Waals surface area contributed by atoms with Gasteiger partial charge >= 0.3 is 0 Å². The molecule has 1 rings (SSSR count). The van der Waals surface area contributed by atoms with Gasteiger partial charge in [-0.25, -0.2) is 0 Å². The van der Waals surface area contributed by atoms with E-state index in [2.05, 4.69) is 26.1 Å². The first-order chi connectivity index (χ1) is 8.10. The summed E-state index contributed by atoms with van der Waals surface area (Å²) in [5, 5.41) is 7.23. The zero-order valence-corrected chi connectivity index (χ0v) is 11.1. The fraction of sp³-hybridized carbons (Fsp3) is 0.200. The van der Waals surface area contributed by atoms with Crippen molar-refractivity contribution < 1.29 is 9.47 Å². The zero-order chi connectivity index (χ0) is 12.8. The second-order valence-corrected chi connectivity index (χ2v) is 3.77. The molecule has 6 nitrogen and oxygen atoms in total. The first kappa shape index (κ1) is 13.3. The van der Waals surface area contributed by atoms with Crippen LogP contribution in [0.5, 0.6) is 11.5 Å². The van der Waals surface area contributed by atoms with Crippen LogP contribution in [0.15, 0.2) is 26.8 Å². The summed E-state index contributed by atoms with van der Waals surface area (Å²) in [7, 11) is 3.12. The molecule has 0 radical (unpaired) electrons. The van der Waals surface area contributed by atoms with Gasteiger partial charge in [0.05, 0.1) is 24.9 Å². The summed E-state index contributed by atoms with van der Waals surface area (Å²) < 4.78 is 11.1. The van der Waals surface area contributed by atoms with Crippen molar-refractivity contribution in [2.75, 3.05) is 14.2 Å². The van der Waals surface area contributed by atoms with E-state index < -0.39 is 0 Å². The Morgan fingerprint density at radius 2 is 2.00 bits per heavy atom. The number of methoxy groups -OCH3 is 2. The van der Waals surface area contributed by atoms with Crippen molar-refractivity contribution in [3.8, 4) is 11.5 Å². The molecule has 0 unspecified atom stereocenters. The Kier molecular flexibility index (Phi) is 4.77. The Morgan fingerprint density at radius 1 is 1.29 bits per heavy atom. The van der Waals surface area contributed by atoms with Crippen molar-refractivity contribution in [3.63, 3.8) is 0 Å². The van der Waals surface area contributed by atoms with Crippen molar-refractivity contribution in [1.82, 2.24) is 0 Å². The average molecular weight is 301 g/mol. The Bertz CT molecular complexity index is 456. The number of halogens is 1. The molecule has 0 amide bonds. The van der Waals surface area contributed by atoms with Gasteiger partial charge in [0.15, 0.2) is 11.5 Å². The first-order valence-corrected chi connectivity index (χ1v) is 5.42. The Labute approximate surface area is 107 Å². The molecular formula is C10H13BrN4O2. The number of nitrogens with zero attached hydrogens (tertiary/aromatic N) is 2. The third-order valence-corrected chi connectivity index (χ3v) is 2.70. The summed E-state index contributed by atoms with van der Waals surface area (Å²) in [6.45, 7) is 0. The predicted molar refractivity (Wildman–Crippen MR) is 70.6 cm³/mol. The lowest BCUT2D eigenvalue weighted by Crippen LogP contribution is -2.21. The van der Waals surface area contributed by atoms with Crippen molar-refractivity contribution >= 4 is 28.1 Å². The average Bonchev–Trinajstić information content (AvgIpc) is 2.30. The molecular weight excluding hydrogens is 288 g/mol. The highest BCUT2D eigenvalue weighted by atomic mass is 79.9. The standard InChI is InChI=1S/C10H13BrN4O2/c1-16-7-4-3-6(5-14-15-10(12)13)8(11)9(7)17-2/h3-5H,1-2H3,(H4,12,13,15)/b14-5-. The molecule has 0 aliphatic heterocycles. The van der Waals surface area contributed by atoms with E-state index in [0.717, 1.165) is 5.56 Å². The van der Waals surface area contributed by atoms with Crippen molar-refractivity contribution in [2.24, 2.45) is 21.7 Å². The van der Waals surface area contributed by atoms with Crippen molar-refractivity contribution in [1.29, 1.82) is 0 Å². The molecule has 7 heteroatoms. The van der Waals surface area contributed by atoms with E-state index in [1.165, 1.54) is 6.21 Å². The van der Waals surface area contributed by atoms with Crippen LogP contribution in [-0.2, 0) is 0 Å². The Morgan fingerprint density at radius 3 is 2.53 bits per heavy atom. The van der Waals surface area contributed by atoms with Gasteiger partial charge in [-0.3, -0.25) is 0 Å². The van der Waals surface area contributed by atoms with E-state index in [0.29, 0.717) is 16.0 Å². The van der Waals surface area contributed by atoms with E-state index in [9.17, 15) is 0 Å². The van der Waals surface area contributed by atoms with Gasteiger partial charge < -0.3 is 20.9 Å². The lowest BCUT2D eigenvalue weighted by Gasteiger charge is -2.10. The highest BCUT2D eigenvalue weighted by Gasteiger charge is 2.11. The molecule has 0 atom stereocenters. The highest BCUT2D eigenvalue weighted by molar-refractivity contribution is 9.10. The lowest BCUT2D eigenvalue weighted by atomic mass is 10.2. The van der Waals surface area contributed by atoms with Crippen LogP contribution in [0.1, 0.15) is 5.56 Å². The van der Waals surface area contributed by atoms with Gasteiger partial charge in [0.2, 0.25) is 5.96 Å². The minimum atomic E-state index is -0.0992. The normalized spacial score (nSPS) is 10.3. The van der Waals surface area contributed by atoms with Crippen molar-refractivity contribution in [2.45, 2.75) is 0 Å². The van der Waals surface area contributed by atoms with Crippen LogP contribution in [0.25, 0.3) is 0 Å². The third kappa shape index (κ3) is 3.35. The van der Waals surface area contributed by atoms with Crippen LogP contribution in [-0.4, -0.2) is 26.4 Å². The minimum Gasteiger partial charge on any atom is -0.493 e. The van der Waals surface area contributed by atoms with E-state index in [4.69, 9.17) is 20.9 Å². The van der Waals surface area contributed by atoms with Crippen LogP contribution < -0.4 is 20.9 Å². The maximum atomic E-state index is 5.22. The van der Waals surface area contributed by atoms with Crippen molar-refractivity contribution in [3.05, 3.63) is 22.2 Å². The molecule has 0 aliphatic rings. The van der Waals surface area contributed by atoms with Gasteiger partial charge in [0.25, 0.3) is 0 Å². The molecule has 0 saturated carbocycles. The third-order valence-electron chi connectivity index (χ3n) is 1.88. The molecule has 0 saturated heterocycles. The van der Waals surface area contributed by atoms with Crippen LogP contribution in [0, 0.1) is 0 Å². The SMILES string of the molecule is COc1ccc(/C=N\N=C(N)N)c(Br)c1OC. The Hall–Kier alpha value is -1.76. The van der Waals surface area contributed by atoms with Crippen LogP contribution >= 0.6 is 15.9 Å². The largest absolute Gasteiger partial charge is 0.493 e. The molecule has 1 aromatic rings. The summed E-state index contributed by atoms with van der Waals surface area (Å²) in [5.74, 6) is 1.11. The van der Waals surface area contributed by atoms with Crippen LogP contribution in [0.4, 0.5) is 0 Å². The summed E-state index contributed by atoms with van der Waals surface area (Å²) in [4.78, 5) is 0. The summed E-state index contributed by atoms with van der Waals surface area (Å²) in [6.07, 6.45) is 1.51. The molecule has 0 fully saturated rings. The Balaban J connectivity index is 3.11. The molecule has 0 heterocycles. The van der Waals surface area contributed by atoms with Gasteiger partial charge in [-0.1, -0.05) is 0 Å².